The number of hydrogen-bond acceptors (Lipinski definition) is 10. The molecule has 0 aliphatic carbocycles. The molecule has 5 aliphatic rings. The van der Waals surface area contributed by atoms with E-state index in [-0.39, 0.29) is 6.17 Å². The summed E-state index contributed by atoms with van der Waals surface area (Å²) in [6.07, 6.45) is 23.3. The van der Waals surface area contributed by atoms with Gasteiger partial charge in [-0.2, -0.15) is 0 Å². The second-order valence-corrected chi connectivity index (χ2v) is 22.9. The molecule has 84 heavy (non-hydrogen) atoms. The zero-order chi connectivity index (χ0) is 60.2. The van der Waals surface area contributed by atoms with Gasteiger partial charge >= 0.3 is 0 Å². The Morgan fingerprint density at radius 2 is 0.536 bits per heavy atom. The van der Waals surface area contributed by atoms with Crippen LogP contribution in [0.4, 0.5) is 39.8 Å². The van der Waals surface area contributed by atoms with Crippen molar-refractivity contribution in [2.75, 3.05) is 48.4 Å². The van der Waals surface area contributed by atoms with Crippen LogP contribution in [0.15, 0.2) is 232 Å². The number of nitrogens with zero attached hydrogens (tertiary/aromatic N) is 10. The van der Waals surface area contributed by atoms with Crippen molar-refractivity contribution in [1.29, 1.82) is 0 Å². The largest absolute Gasteiger partial charge is 0.359 e. The van der Waals surface area contributed by atoms with Crippen molar-refractivity contribution in [2.45, 2.75) is 134 Å². The molecule has 438 valence electrons. The number of para-hydroxylation sites is 7. The van der Waals surface area contributed by atoms with Crippen LogP contribution in [0.3, 0.4) is 0 Å². The molecule has 0 N–H and O–H groups in total. The first kappa shape index (κ1) is 61.3. The molecule has 7 aromatic rings. The number of aryl methyl sites for hydroxylation is 7. The number of rotatable bonds is 8. The van der Waals surface area contributed by atoms with Crippen LogP contribution in [0.25, 0.3) is 0 Å². The van der Waals surface area contributed by atoms with Gasteiger partial charge in [0.05, 0.1) is 0 Å². The molecule has 7 aromatic carbocycles. The summed E-state index contributed by atoms with van der Waals surface area (Å²) in [6, 6.07) is 60.0. The van der Waals surface area contributed by atoms with Gasteiger partial charge in [-0.05, 0) is 178 Å². The molecule has 10 heteroatoms. The first-order valence-electron chi connectivity index (χ1n) is 29.9. The lowest BCUT2D eigenvalue weighted by Crippen LogP contribution is -2.39. The first-order chi connectivity index (χ1) is 40.4. The Morgan fingerprint density at radius 1 is 0.262 bits per heavy atom. The van der Waals surface area contributed by atoms with Crippen molar-refractivity contribution in [1.82, 2.24) is 14.7 Å². The van der Waals surface area contributed by atoms with Crippen molar-refractivity contribution < 1.29 is 0 Å². The molecular formula is C74H92N10. The standard InChI is InChI=1S/C19H22N2.C17H18N2.C14H20N2.2C12H16N2/c1-14-8-5-6-11-18(14)20-12-13-21(17(20)4)19-15(2)9-7-10-16(19)3;1-14-8-6-7-11-17(14)19-13-12-18(15(19)2)16-9-4-3-5-10-16;1-11(2)15-9-10-16(13(15)4)14-8-6-5-7-12(14)3;2*1-10-6-4-5-7-12(10)14-9-8-13(3)11(14)2/h5-13,17H,1-4H3;3-13,15H,1-2H3;5-11,13H,1-4H3;2*4-9,11H,1-3H3/t17-;15-;13-;2*11-/m01111/s1. The van der Waals surface area contributed by atoms with Gasteiger partial charge in [0.25, 0.3) is 0 Å². The summed E-state index contributed by atoms with van der Waals surface area (Å²) in [5.41, 5.74) is 18.2. The molecule has 12 rings (SSSR count). The SMILES string of the molecule is Cc1ccccc1N1C=CN(C(C)C)[C@H]1C.Cc1ccccc1N1C=CN(C)[C@H]1C.Cc1ccccc1N1C=CN(C)[C@H]1C.Cc1ccccc1N1C=CN(c2c(C)cccc2C)[C@H]1C.Cc1ccccc1N1C=CN(c2ccccc2)[C@H]1C. The van der Waals surface area contributed by atoms with Gasteiger partial charge in [-0.25, -0.2) is 0 Å². The van der Waals surface area contributed by atoms with Crippen LogP contribution in [0.1, 0.15) is 87.4 Å². The zero-order valence-electron chi connectivity index (χ0n) is 52.9. The van der Waals surface area contributed by atoms with Crippen LogP contribution in [-0.2, 0) is 0 Å². The minimum Gasteiger partial charge on any atom is -0.359 e. The van der Waals surface area contributed by atoms with Crippen LogP contribution in [-0.4, -0.2) is 65.7 Å². The molecule has 10 nitrogen and oxygen atoms in total. The number of benzene rings is 7. The summed E-state index contributed by atoms with van der Waals surface area (Å²) in [7, 11) is 4.19. The number of hydrogen-bond donors (Lipinski definition) is 0. The van der Waals surface area contributed by atoms with Crippen LogP contribution >= 0.6 is 0 Å². The molecule has 0 bridgehead atoms. The second-order valence-electron chi connectivity index (χ2n) is 22.9. The maximum atomic E-state index is 2.37. The third-order valence-corrected chi connectivity index (χ3v) is 16.8. The third-order valence-electron chi connectivity index (χ3n) is 16.8. The van der Waals surface area contributed by atoms with E-state index in [1.165, 1.54) is 78.8 Å². The predicted molar refractivity (Wildman–Crippen MR) is 361 cm³/mol. The Morgan fingerprint density at radius 3 is 0.869 bits per heavy atom. The quantitative estimate of drug-likeness (QED) is 0.147. The average Bonchev–Trinajstić information content (AvgIpc) is 4.51. The molecule has 5 aliphatic heterocycles. The van der Waals surface area contributed by atoms with Crippen molar-refractivity contribution >= 4 is 39.8 Å². The molecule has 0 spiro atoms. The first-order valence-corrected chi connectivity index (χ1v) is 29.9. The molecule has 0 aromatic heterocycles. The number of anilines is 7. The van der Waals surface area contributed by atoms with E-state index in [9.17, 15) is 0 Å². The third kappa shape index (κ3) is 14.0. The Labute approximate surface area is 505 Å². The van der Waals surface area contributed by atoms with Crippen molar-refractivity contribution in [3.05, 3.63) is 271 Å². The molecule has 0 unspecified atom stereocenters. The van der Waals surface area contributed by atoms with Gasteiger partial charge in [0.1, 0.15) is 30.8 Å². The van der Waals surface area contributed by atoms with Crippen LogP contribution in [0.5, 0.6) is 0 Å². The topological polar surface area (TPSA) is 32.4 Å². The molecule has 5 atom stereocenters. The van der Waals surface area contributed by atoms with Gasteiger partial charge < -0.3 is 49.0 Å². The molecular weight excluding hydrogens is 1030 g/mol. The van der Waals surface area contributed by atoms with Crippen LogP contribution < -0.4 is 34.3 Å². The van der Waals surface area contributed by atoms with Crippen LogP contribution in [0, 0.1) is 48.5 Å². The highest BCUT2D eigenvalue weighted by Gasteiger charge is 2.29. The van der Waals surface area contributed by atoms with Crippen molar-refractivity contribution in [3.63, 3.8) is 0 Å². The van der Waals surface area contributed by atoms with E-state index in [2.05, 4.69) is 386 Å². The molecule has 0 amide bonds. The lowest BCUT2D eigenvalue weighted by atomic mass is 10.1. The summed E-state index contributed by atoms with van der Waals surface area (Å²) in [5, 5.41) is 0. The maximum absolute atomic E-state index is 2.37. The summed E-state index contributed by atoms with van der Waals surface area (Å²) in [6.45, 7) is 30.7. The highest BCUT2D eigenvalue weighted by Crippen LogP contribution is 2.36. The molecule has 5 heterocycles. The van der Waals surface area contributed by atoms with E-state index < -0.39 is 0 Å². The van der Waals surface area contributed by atoms with Gasteiger partial charge in [-0.15, -0.1) is 0 Å². The van der Waals surface area contributed by atoms with E-state index in [1.807, 2.05) is 6.07 Å². The fraction of sp³-hybridized carbons (Fsp3) is 0.297. The van der Waals surface area contributed by atoms with Gasteiger partial charge in [-0.1, -0.05) is 127 Å². The lowest BCUT2D eigenvalue weighted by molar-refractivity contribution is 0.263. The molecule has 0 saturated carbocycles. The minimum atomic E-state index is 0.283. The monoisotopic (exact) mass is 1120 g/mol. The van der Waals surface area contributed by atoms with Gasteiger partial charge in [0.2, 0.25) is 0 Å². The van der Waals surface area contributed by atoms with Gasteiger partial charge in [0.15, 0.2) is 0 Å². The Balaban J connectivity index is 0.000000138. The molecule has 0 radical (unpaired) electrons. The smallest absolute Gasteiger partial charge is 0.107 e. The Kier molecular flexibility index (Phi) is 20.4. The van der Waals surface area contributed by atoms with E-state index >= 15 is 0 Å². The predicted octanol–water partition coefficient (Wildman–Crippen LogP) is 17.4. The minimum absolute atomic E-state index is 0.283. The highest BCUT2D eigenvalue weighted by molar-refractivity contribution is 5.68. The van der Waals surface area contributed by atoms with Gasteiger partial charge in [-0.3, -0.25) is 0 Å². The highest BCUT2D eigenvalue weighted by atomic mass is 15.4. The van der Waals surface area contributed by atoms with Crippen LogP contribution in [0.2, 0.25) is 0 Å². The van der Waals surface area contributed by atoms with Gasteiger partial charge in [0, 0.05) is 122 Å². The Bertz CT molecular complexity index is 3320. The van der Waals surface area contributed by atoms with E-state index in [0.717, 1.165) is 0 Å². The maximum Gasteiger partial charge on any atom is 0.107 e. The summed E-state index contributed by atoms with van der Waals surface area (Å²) in [4.78, 5) is 23.0. The second kappa shape index (κ2) is 28.0. The molecule has 0 fully saturated rings. The normalized spacial score (nSPS) is 19.2. The van der Waals surface area contributed by atoms with Crippen molar-refractivity contribution in [3.8, 4) is 0 Å². The van der Waals surface area contributed by atoms with E-state index in [1.54, 1.807) is 0 Å². The Hall–Kier alpha value is -8.76. The average molecular weight is 1120 g/mol. The fourth-order valence-electron chi connectivity index (χ4n) is 11.5. The summed E-state index contributed by atoms with van der Waals surface area (Å²) < 4.78 is 0. The lowest BCUT2D eigenvalue weighted by Gasteiger charge is -2.33. The fourth-order valence-corrected chi connectivity index (χ4v) is 11.5. The van der Waals surface area contributed by atoms with E-state index in [4.69, 9.17) is 0 Å². The molecule has 0 saturated heterocycles. The summed E-state index contributed by atoms with van der Waals surface area (Å²) >= 11 is 0. The zero-order valence-corrected chi connectivity index (χ0v) is 52.9. The van der Waals surface area contributed by atoms with E-state index in [0.29, 0.717) is 30.7 Å². The van der Waals surface area contributed by atoms with Crippen molar-refractivity contribution in [2.24, 2.45) is 0 Å². The summed E-state index contributed by atoms with van der Waals surface area (Å²) in [5.74, 6) is 0.